The molecular weight excluding hydrogens is 174 g/mol. The zero-order valence-electron chi connectivity index (χ0n) is 7.35. The van der Waals surface area contributed by atoms with E-state index in [1.807, 2.05) is 0 Å². The Morgan fingerprint density at radius 1 is 1.23 bits per heavy atom. The van der Waals surface area contributed by atoms with Crippen molar-refractivity contribution in [3.8, 4) is 0 Å². The Morgan fingerprint density at radius 2 is 1.85 bits per heavy atom. The molecule has 0 bridgehead atoms. The average Bonchev–Trinajstić information content (AvgIpc) is 2.09. The lowest BCUT2D eigenvalue weighted by Gasteiger charge is -2.15. The predicted octanol–water partition coefficient (Wildman–Crippen LogP) is 2.35. The van der Waals surface area contributed by atoms with Crippen LogP contribution in [0.4, 0.5) is 20.2 Å². The summed E-state index contributed by atoms with van der Waals surface area (Å²) in [5, 5.41) is 0. The van der Waals surface area contributed by atoms with E-state index in [9.17, 15) is 8.78 Å². The molecule has 4 heteroatoms. The number of hydrogen-bond donors (Lipinski definition) is 2. The second-order valence-corrected chi connectivity index (χ2v) is 2.90. The Hall–Kier alpha value is -1.32. The van der Waals surface area contributed by atoms with Gasteiger partial charge in [-0.05, 0) is 12.1 Å². The molecule has 13 heavy (non-hydrogen) atoms. The maximum Gasteiger partial charge on any atom is 0.273 e. The Bertz CT molecular complexity index is 310. The van der Waals surface area contributed by atoms with E-state index in [-0.39, 0.29) is 17.7 Å². The first-order valence-corrected chi connectivity index (χ1v) is 4.00. The maximum absolute atomic E-state index is 13.1. The number of rotatable bonds is 2. The van der Waals surface area contributed by atoms with Crippen molar-refractivity contribution in [3.05, 3.63) is 23.8 Å². The minimum absolute atomic E-state index is 0.0818. The average molecular weight is 186 g/mol. The van der Waals surface area contributed by atoms with E-state index in [4.69, 9.17) is 11.5 Å². The van der Waals surface area contributed by atoms with Crippen LogP contribution in [-0.4, -0.2) is 0 Å². The summed E-state index contributed by atoms with van der Waals surface area (Å²) in [5.74, 6) is -2.82. The van der Waals surface area contributed by atoms with Crippen LogP contribution in [0.1, 0.15) is 18.9 Å². The Kier molecular flexibility index (Phi) is 2.40. The van der Waals surface area contributed by atoms with Crippen LogP contribution < -0.4 is 11.5 Å². The highest BCUT2D eigenvalue weighted by Crippen LogP contribution is 2.33. The van der Waals surface area contributed by atoms with Crippen molar-refractivity contribution in [2.24, 2.45) is 0 Å². The maximum atomic E-state index is 13.1. The van der Waals surface area contributed by atoms with Crippen molar-refractivity contribution in [1.82, 2.24) is 0 Å². The standard InChI is InChI=1S/C9H12F2N2/c1-2-9(10,11)6-3-4-7(12)8(13)5-6/h3-5H,2,12-13H2,1H3. The second-order valence-electron chi connectivity index (χ2n) is 2.90. The quantitative estimate of drug-likeness (QED) is 0.696. The highest BCUT2D eigenvalue weighted by molar-refractivity contribution is 5.64. The van der Waals surface area contributed by atoms with Crippen LogP contribution in [0.25, 0.3) is 0 Å². The molecule has 0 aromatic heterocycles. The van der Waals surface area contributed by atoms with E-state index in [1.165, 1.54) is 25.1 Å². The third-order valence-corrected chi connectivity index (χ3v) is 1.95. The normalized spacial score (nSPS) is 11.6. The predicted molar refractivity (Wildman–Crippen MR) is 49.5 cm³/mol. The van der Waals surface area contributed by atoms with E-state index < -0.39 is 5.92 Å². The Balaban J connectivity index is 3.10. The molecule has 0 aliphatic rings. The van der Waals surface area contributed by atoms with Crippen LogP contribution in [-0.2, 0) is 5.92 Å². The van der Waals surface area contributed by atoms with Gasteiger partial charge in [-0.2, -0.15) is 0 Å². The molecule has 0 saturated carbocycles. The summed E-state index contributed by atoms with van der Waals surface area (Å²) in [4.78, 5) is 0. The van der Waals surface area contributed by atoms with Gasteiger partial charge in [0.05, 0.1) is 11.4 Å². The number of anilines is 2. The fourth-order valence-corrected chi connectivity index (χ4v) is 1.01. The van der Waals surface area contributed by atoms with Gasteiger partial charge >= 0.3 is 0 Å². The monoisotopic (exact) mass is 186 g/mol. The summed E-state index contributed by atoms with van der Waals surface area (Å²) < 4.78 is 26.2. The summed E-state index contributed by atoms with van der Waals surface area (Å²) in [6.07, 6.45) is -0.240. The van der Waals surface area contributed by atoms with Crippen molar-refractivity contribution in [1.29, 1.82) is 0 Å². The molecule has 0 aliphatic heterocycles. The van der Waals surface area contributed by atoms with Crippen LogP contribution in [0.15, 0.2) is 18.2 Å². The van der Waals surface area contributed by atoms with Gasteiger partial charge in [-0.15, -0.1) is 0 Å². The number of nitrogen functional groups attached to an aromatic ring is 2. The number of nitrogens with two attached hydrogens (primary N) is 2. The van der Waals surface area contributed by atoms with Gasteiger partial charge in [0.2, 0.25) is 0 Å². The Labute approximate surface area is 75.5 Å². The number of halogens is 2. The van der Waals surface area contributed by atoms with Crippen molar-refractivity contribution >= 4 is 11.4 Å². The van der Waals surface area contributed by atoms with Gasteiger partial charge in [-0.1, -0.05) is 13.0 Å². The molecule has 72 valence electrons. The smallest absolute Gasteiger partial charge is 0.273 e. The summed E-state index contributed by atoms with van der Waals surface area (Å²) in [5.41, 5.74) is 11.3. The van der Waals surface area contributed by atoms with E-state index in [1.54, 1.807) is 0 Å². The molecule has 0 radical (unpaired) electrons. The molecule has 0 saturated heterocycles. The van der Waals surface area contributed by atoms with Crippen molar-refractivity contribution in [2.75, 3.05) is 11.5 Å². The van der Waals surface area contributed by atoms with Gasteiger partial charge in [-0.25, -0.2) is 8.78 Å². The summed E-state index contributed by atoms with van der Waals surface area (Å²) in [6, 6.07) is 3.92. The van der Waals surface area contributed by atoms with Gasteiger partial charge in [-0.3, -0.25) is 0 Å². The molecule has 0 fully saturated rings. The topological polar surface area (TPSA) is 52.0 Å². The van der Waals surface area contributed by atoms with Gasteiger partial charge in [0.25, 0.3) is 5.92 Å². The molecule has 0 unspecified atom stereocenters. The first-order chi connectivity index (χ1) is 5.97. The first-order valence-electron chi connectivity index (χ1n) is 4.00. The van der Waals surface area contributed by atoms with Gasteiger partial charge < -0.3 is 11.5 Å². The molecule has 0 heterocycles. The van der Waals surface area contributed by atoms with Crippen LogP contribution in [0.5, 0.6) is 0 Å². The minimum atomic E-state index is -2.82. The first kappa shape index (κ1) is 9.77. The summed E-state index contributed by atoms with van der Waals surface area (Å²) in [7, 11) is 0. The summed E-state index contributed by atoms with van der Waals surface area (Å²) >= 11 is 0. The molecule has 1 aromatic rings. The molecule has 0 aliphatic carbocycles. The van der Waals surface area contributed by atoms with Crippen LogP contribution in [0.2, 0.25) is 0 Å². The molecule has 0 atom stereocenters. The van der Waals surface area contributed by atoms with Crippen LogP contribution >= 0.6 is 0 Å². The zero-order chi connectivity index (χ0) is 10.1. The Morgan fingerprint density at radius 3 is 2.31 bits per heavy atom. The fourth-order valence-electron chi connectivity index (χ4n) is 1.01. The largest absolute Gasteiger partial charge is 0.397 e. The van der Waals surface area contributed by atoms with E-state index in [0.29, 0.717) is 5.69 Å². The van der Waals surface area contributed by atoms with E-state index >= 15 is 0 Å². The van der Waals surface area contributed by atoms with Crippen molar-refractivity contribution in [3.63, 3.8) is 0 Å². The third kappa shape index (κ3) is 1.88. The van der Waals surface area contributed by atoms with Crippen molar-refractivity contribution in [2.45, 2.75) is 19.3 Å². The van der Waals surface area contributed by atoms with Gasteiger partial charge in [0, 0.05) is 12.0 Å². The fraction of sp³-hybridized carbons (Fsp3) is 0.333. The van der Waals surface area contributed by atoms with Crippen LogP contribution in [0.3, 0.4) is 0 Å². The molecular formula is C9H12F2N2. The molecule has 0 amide bonds. The molecule has 2 nitrogen and oxygen atoms in total. The van der Waals surface area contributed by atoms with Crippen LogP contribution in [0, 0.1) is 0 Å². The number of hydrogen-bond acceptors (Lipinski definition) is 2. The third-order valence-electron chi connectivity index (χ3n) is 1.95. The molecule has 4 N–H and O–H groups in total. The number of benzene rings is 1. The SMILES string of the molecule is CCC(F)(F)c1ccc(N)c(N)c1. The van der Waals surface area contributed by atoms with E-state index in [2.05, 4.69) is 0 Å². The summed E-state index contributed by atoms with van der Waals surface area (Å²) in [6.45, 7) is 1.42. The zero-order valence-corrected chi connectivity index (χ0v) is 7.35. The number of alkyl halides is 2. The lowest BCUT2D eigenvalue weighted by molar-refractivity contribution is -0.00821. The minimum Gasteiger partial charge on any atom is -0.397 e. The van der Waals surface area contributed by atoms with E-state index in [0.717, 1.165) is 0 Å². The molecule has 0 spiro atoms. The lowest BCUT2D eigenvalue weighted by atomic mass is 10.1. The van der Waals surface area contributed by atoms with Gasteiger partial charge in [0.1, 0.15) is 0 Å². The highest BCUT2D eigenvalue weighted by atomic mass is 19.3. The highest BCUT2D eigenvalue weighted by Gasteiger charge is 2.28. The molecule has 1 aromatic carbocycles. The van der Waals surface area contributed by atoms with Crippen molar-refractivity contribution < 1.29 is 8.78 Å². The molecule has 1 rings (SSSR count). The second kappa shape index (κ2) is 3.20. The lowest BCUT2D eigenvalue weighted by Crippen LogP contribution is -2.12. The van der Waals surface area contributed by atoms with Gasteiger partial charge in [0.15, 0.2) is 0 Å².